The third-order valence-electron chi connectivity index (χ3n) is 3.97. The normalized spacial score (nSPS) is 10.2. The smallest absolute Gasteiger partial charge is 0.144 e. The van der Waals surface area contributed by atoms with E-state index in [0.717, 1.165) is 34.6 Å². The molecule has 1 heterocycles. The minimum absolute atomic E-state index is 0.836. The summed E-state index contributed by atoms with van der Waals surface area (Å²) in [7, 11) is 0. The van der Waals surface area contributed by atoms with Crippen LogP contribution in [0.3, 0.4) is 0 Å². The SMILES string of the molecule is CCCC.CCc1onc(-c2ccccc2)c1-c1ccc(C)cc1. The summed E-state index contributed by atoms with van der Waals surface area (Å²) >= 11 is 0. The molecule has 3 rings (SSSR count). The van der Waals surface area contributed by atoms with Crippen molar-refractivity contribution in [2.45, 2.75) is 47.0 Å². The van der Waals surface area contributed by atoms with E-state index in [4.69, 9.17) is 4.52 Å². The lowest BCUT2D eigenvalue weighted by Crippen LogP contribution is -1.86. The van der Waals surface area contributed by atoms with Crippen molar-refractivity contribution in [2.75, 3.05) is 0 Å². The molecule has 2 heteroatoms. The number of aromatic nitrogens is 1. The van der Waals surface area contributed by atoms with Crippen molar-refractivity contribution in [3.8, 4) is 22.4 Å². The Bertz CT molecular complexity index is 724. The summed E-state index contributed by atoms with van der Waals surface area (Å²) in [4.78, 5) is 0. The first kappa shape index (κ1) is 18.0. The lowest BCUT2D eigenvalue weighted by molar-refractivity contribution is 0.389. The van der Waals surface area contributed by atoms with E-state index in [0.29, 0.717) is 0 Å². The molecule has 0 amide bonds. The van der Waals surface area contributed by atoms with Crippen LogP contribution in [-0.2, 0) is 6.42 Å². The van der Waals surface area contributed by atoms with E-state index >= 15 is 0 Å². The molecule has 0 spiro atoms. The highest BCUT2D eigenvalue weighted by atomic mass is 16.5. The van der Waals surface area contributed by atoms with Gasteiger partial charge in [-0.3, -0.25) is 0 Å². The third kappa shape index (κ3) is 4.35. The zero-order valence-corrected chi connectivity index (χ0v) is 15.2. The second kappa shape index (κ2) is 9.07. The van der Waals surface area contributed by atoms with E-state index in [-0.39, 0.29) is 0 Å². The van der Waals surface area contributed by atoms with Crippen molar-refractivity contribution in [3.05, 3.63) is 65.9 Å². The Morgan fingerprint density at radius 2 is 1.42 bits per heavy atom. The first-order valence-electron chi connectivity index (χ1n) is 8.82. The maximum atomic E-state index is 5.53. The Hall–Kier alpha value is -2.35. The molecule has 0 atom stereocenters. The summed E-state index contributed by atoms with van der Waals surface area (Å²) in [6.07, 6.45) is 3.48. The first-order chi connectivity index (χ1) is 11.7. The second-order valence-corrected chi connectivity index (χ2v) is 5.91. The van der Waals surface area contributed by atoms with Gasteiger partial charge in [0.05, 0.1) is 5.56 Å². The molecule has 0 saturated carbocycles. The number of rotatable bonds is 4. The van der Waals surface area contributed by atoms with Crippen LogP contribution in [0, 0.1) is 6.92 Å². The van der Waals surface area contributed by atoms with Gasteiger partial charge in [0.25, 0.3) is 0 Å². The number of aryl methyl sites for hydroxylation is 2. The van der Waals surface area contributed by atoms with Gasteiger partial charge in [0.15, 0.2) is 0 Å². The van der Waals surface area contributed by atoms with Gasteiger partial charge in [-0.25, -0.2) is 0 Å². The first-order valence-corrected chi connectivity index (χ1v) is 8.82. The van der Waals surface area contributed by atoms with Crippen LogP contribution >= 0.6 is 0 Å². The monoisotopic (exact) mass is 321 g/mol. The number of hydrogen-bond donors (Lipinski definition) is 0. The predicted molar refractivity (Wildman–Crippen MR) is 102 cm³/mol. The number of benzene rings is 2. The molecule has 0 aliphatic rings. The van der Waals surface area contributed by atoms with Crippen molar-refractivity contribution in [3.63, 3.8) is 0 Å². The highest BCUT2D eigenvalue weighted by molar-refractivity contribution is 5.82. The fourth-order valence-corrected chi connectivity index (χ4v) is 2.38. The van der Waals surface area contributed by atoms with Crippen molar-refractivity contribution < 1.29 is 4.52 Å². The summed E-state index contributed by atoms with van der Waals surface area (Å²) in [5.41, 5.74) is 5.54. The Morgan fingerprint density at radius 3 is 1.96 bits per heavy atom. The molecule has 126 valence electrons. The molecule has 0 bridgehead atoms. The van der Waals surface area contributed by atoms with Gasteiger partial charge in [0.2, 0.25) is 0 Å². The minimum Gasteiger partial charge on any atom is -0.360 e. The van der Waals surface area contributed by atoms with E-state index in [1.54, 1.807) is 0 Å². The second-order valence-electron chi connectivity index (χ2n) is 5.91. The Kier molecular flexibility index (Phi) is 6.80. The minimum atomic E-state index is 0.836. The molecule has 3 aromatic rings. The number of nitrogens with zero attached hydrogens (tertiary/aromatic N) is 1. The van der Waals surface area contributed by atoms with Crippen LogP contribution in [0.5, 0.6) is 0 Å². The number of hydrogen-bond acceptors (Lipinski definition) is 2. The van der Waals surface area contributed by atoms with Crippen molar-refractivity contribution >= 4 is 0 Å². The highest BCUT2D eigenvalue weighted by Crippen LogP contribution is 2.34. The Labute approximate surface area is 145 Å². The largest absolute Gasteiger partial charge is 0.360 e. The molecule has 0 aliphatic carbocycles. The molecule has 0 fully saturated rings. The van der Waals surface area contributed by atoms with Gasteiger partial charge in [-0.15, -0.1) is 0 Å². The predicted octanol–water partition coefficient (Wildman–Crippen LogP) is 6.69. The Balaban J connectivity index is 0.000000471. The third-order valence-corrected chi connectivity index (χ3v) is 3.97. The van der Waals surface area contributed by atoms with Crippen molar-refractivity contribution in [2.24, 2.45) is 0 Å². The quantitative estimate of drug-likeness (QED) is 0.535. The van der Waals surface area contributed by atoms with Gasteiger partial charge >= 0.3 is 0 Å². The molecular weight excluding hydrogens is 294 g/mol. The maximum Gasteiger partial charge on any atom is 0.144 e. The van der Waals surface area contributed by atoms with E-state index in [1.807, 2.05) is 18.2 Å². The van der Waals surface area contributed by atoms with Crippen molar-refractivity contribution in [1.82, 2.24) is 5.16 Å². The van der Waals surface area contributed by atoms with Crippen LogP contribution in [0.15, 0.2) is 59.1 Å². The fourth-order valence-electron chi connectivity index (χ4n) is 2.38. The highest BCUT2D eigenvalue weighted by Gasteiger charge is 2.17. The van der Waals surface area contributed by atoms with Crippen LogP contribution in [-0.4, -0.2) is 5.16 Å². The Morgan fingerprint density at radius 1 is 0.792 bits per heavy atom. The fraction of sp³-hybridized carbons (Fsp3) is 0.318. The van der Waals surface area contributed by atoms with Gasteiger partial charge in [-0.05, 0) is 12.5 Å². The van der Waals surface area contributed by atoms with Gasteiger partial charge in [0.1, 0.15) is 11.5 Å². The van der Waals surface area contributed by atoms with E-state index < -0.39 is 0 Å². The standard InChI is InChI=1S/C18H17NO.C4H10/c1-3-16-17(14-11-9-13(2)10-12-14)18(19-20-16)15-7-5-4-6-8-15;1-3-4-2/h4-12H,3H2,1-2H3;3-4H2,1-2H3. The van der Waals surface area contributed by atoms with Crippen LogP contribution in [0.25, 0.3) is 22.4 Å². The number of unbranched alkanes of at least 4 members (excludes halogenated alkanes) is 1. The van der Waals surface area contributed by atoms with Gasteiger partial charge in [0, 0.05) is 12.0 Å². The van der Waals surface area contributed by atoms with E-state index in [9.17, 15) is 0 Å². The summed E-state index contributed by atoms with van der Waals surface area (Å²) in [6.45, 7) is 8.54. The lowest BCUT2D eigenvalue weighted by Gasteiger charge is -2.04. The summed E-state index contributed by atoms with van der Waals surface area (Å²) in [6, 6.07) is 18.7. The molecular formula is C22H27NO. The zero-order chi connectivity index (χ0) is 17.4. The molecule has 0 N–H and O–H groups in total. The molecule has 0 radical (unpaired) electrons. The van der Waals surface area contributed by atoms with E-state index in [1.165, 1.54) is 18.4 Å². The summed E-state index contributed by atoms with van der Waals surface area (Å²) in [5, 5.41) is 4.28. The summed E-state index contributed by atoms with van der Waals surface area (Å²) in [5.74, 6) is 0.938. The molecule has 0 saturated heterocycles. The van der Waals surface area contributed by atoms with Crippen LogP contribution in [0.2, 0.25) is 0 Å². The van der Waals surface area contributed by atoms with Gasteiger partial charge < -0.3 is 4.52 Å². The lowest BCUT2D eigenvalue weighted by atomic mass is 9.98. The molecule has 24 heavy (non-hydrogen) atoms. The van der Waals surface area contributed by atoms with Crippen molar-refractivity contribution in [1.29, 1.82) is 0 Å². The summed E-state index contributed by atoms with van der Waals surface area (Å²) < 4.78 is 5.53. The van der Waals surface area contributed by atoms with Gasteiger partial charge in [-0.1, -0.05) is 98.9 Å². The topological polar surface area (TPSA) is 26.0 Å². The molecule has 2 aromatic carbocycles. The van der Waals surface area contributed by atoms with Crippen LogP contribution < -0.4 is 0 Å². The molecule has 0 aliphatic heterocycles. The average molecular weight is 321 g/mol. The zero-order valence-electron chi connectivity index (χ0n) is 15.2. The maximum absolute atomic E-state index is 5.53. The van der Waals surface area contributed by atoms with Gasteiger partial charge in [-0.2, -0.15) is 0 Å². The molecule has 0 unspecified atom stereocenters. The molecule has 1 aromatic heterocycles. The van der Waals surface area contributed by atoms with Crippen LogP contribution in [0.4, 0.5) is 0 Å². The van der Waals surface area contributed by atoms with E-state index in [2.05, 4.69) is 69.2 Å². The molecule has 2 nitrogen and oxygen atoms in total. The average Bonchev–Trinajstić information content (AvgIpc) is 3.07. The van der Waals surface area contributed by atoms with Crippen LogP contribution in [0.1, 0.15) is 44.9 Å².